The Bertz CT molecular complexity index is 2090. The average molecular weight is 736 g/mol. The van der Waals surface area contributed by atoms with Crippen molar-refractivity contribution >= 4 is 34.9 Å². The topological polar surface area (TPSA) is 107 Å². The summed E-state index contributed by atoms with van der Waals surface area (Å²) in [5.41, 5.74) is 6.33. The minimum absolute atomic E-state index is 0.0250. The second-order valence-corrected chi connectivity index (χ2v) is 13.1. The number of rotatable bonds is 11. The smallest absolute Gasteiger partial charge is 0.319 e. The fourth-order valence-electron chi connectivity index (χ4n) is 6.00. The lowest BCUT2D eigenvalue weighted by molar-refractivity contribution is -0.252. The van der Waals surface area contributed by atoms with Crippen molar-refractivity contribution in [2.24, 2.45) is 0 Å². The summed E-state index contributed by atoms with van der Waals surface area (Å²) < 4.78 is 20.6. The highest BCUT2D eigenvalue weighted by Gasteiger charge is 2.33. The summed E-state index contributed by atoms with van der Waals surface area (Å²) in [4.78, 5) is 16.8. The number of ether oxygens (including phenoxy) is 3. The molecule has 52 heavy (non-hydrogen) atoms. The van der Waals surface area contributed by atoms with Gasteiger partial charge in [-0.1, -0.05) is 108 Å². The van der Waals surface area contributed by atoms with Gasteiger partial charge in [0.2, 0.25) is 0 Å². The number of hydrogen-bond donors (Lipinski definition) is 3. The van der Waals surface area contributed by atoms with Gasteiger partial charge in [-0.2, -0.15) is 0 Å². The molecular weight excluding hydrogens is 699 g/mol. The number of benzene rings is 5. The van der Waals surface area contributed by atoms with E-state index in [2.05, 4.69) is 21.7 Å². The van der Waals surface area contributed by atoms with Crippen LogP contribution in [-0.4, -0.2) is 26.8 Å². The highest BCUT2D eigenvalue weighted by molar-refractivity contribution is 6.40. The van der Waals surface area contributed by atoms with Crippen LogP contribution in [0.4, 0.5) is 10.5 Å². The van der Waals surface area contributed by atoms with E-state index in [9.17, 15) is 9.90 Å². The lowest BCUT2D eigenvalue weighted by Crippen LogP contribution is -2.32. The van der Waals surface area contributed by atoms with Crippen molar-refractivity contribution in [1.82, 2.24) is 14.9 Å². The van der Waals surface area contributed by atoms with Crippen molar-refractivity contribution in [1.29, 1.82) is 0 Å². The third kappa shape index (κ3) is 8.82. The van der Waals surface area contributed by atoms with Gasteiger partial charge in [-0.3, -0.25) is 0 Å². The van der Waals surface area contributed by atoms with E-state index in [1.54, 1.807) is 23.0 Å². The van der Waals surface area contributed by atoms with Crippen molar-refractivity contribution in [3.63, 3.8) is 0 Å². The minimum atomic E-state index is -0.630. The van der Waals surface area contributed by atoms with E-state index >= 15 is 0 Å². The Morgan fingerprint density at radius 1 is 0.808 bits per heavy atom. The standard InChI is InChI=1S/C41H36Cl2N4O5/c42-38-39(43)47(26-45-38)24-36-22-37(30-11-9-27(25-48)10-12-30)52-40(51-36)31-15-13-29(14-16-31)32-6-4-5-28(21-32)23-44-41(49)46-33-17-19-35(20-18-33)50-34-7-2-1-3-8-34/h1-21,26,36-37,40,48H,22-25H2,(H2,44,46,49). The van der Waals surface area contributed by atoms with Gasteiger partial charge in [0.25, 0.3) is 0 Å². The van der Waals surface area contributed by atoms with E-state index in [4.69, 9.17) is 37.4 Å². The number of nitrogens with one attached hydrogen (secondary N) is 2. The largest absolute Gasteiger partial charge is 0.457 e. The second kappa shape index (κ2) is 16.5. The molecule has 1 fully saturated rings. The van der Waals surface area contributed by atoms with Crippen LogP contribution in [0.2, 0.25) is 10.3 Å². The molecule has 3 N–H and O–H groups in total. The van der Waals surface area contributed by atoms with Gasteiger partial charge in [-0.05, 0) is 70.3 Å². The van der Waals surface area contributed by atoms with Crippen LogP contribution in [0.15, 0.2) is 134 Å². The number of amides is 2. The fourth-order valence-corrected chi connectivity index (χ4v) is 6.32. The highest BCUT2D eigenvalue weighted by Crippen LogP contribution is 2.39. The normalized spacial score (nSPS) is 17.0. The van der Waals surface area contributed by atoms with E-state index in [1.165, 1.54) is 0 Å². The monoisotopic (exact) mass is 734 g/mol. The van der Waals surface area contributed by atoms with Gasteiger partial charge in [0.05, 0.1) is 31.7 Å². The Morgan fingerprint density at radius 2 is 1.54 bits per heavy atom. The Kier molecular flexibility index (Phi) is 11.2. The molecule has 0 aliphatic carbocycles. The predicted octanol–water partition coefficient (Wildman–Crippen LogP) is 9.71. The Morgan fingerprint density at radius 3 is 2.25 bits per heavy atom. The van der Waals surface area contributed by atoms with E-state index in [1.807, 2.05) is 109 Å². The molecule has 0 radical (unpaired) electrons. The zero-order valence-electron chi connectivity index (χ0n) is 28.0. The quantitative estimate of drug-likeness (QED) is 0.122. The first-order valence-corrected chi connectivity index (χ1v) is 17.6. The highest BCUT2D eigenvalue weighted by atomic mass is 35.5. The van der Waals surface area contributed by atoms with Crippen LogP contribution >= 0.6 is 23.2 Å². The number of anilines is 1. The molecule has 264 valence electrons. The van der Waals surface area contributed by atoms with Gasteiger partial charge in [0.15, 0.2) is 11.4 Å². The Labute approximate surface area is 311 Å². The molecule has 11 heteroatoms. The lowest BCUT2D eigenvalue weighted by Gasteiger charge is -2.36. The summed E-state index contributed by atoms with van der Waals surface area (Å²) in [5.74, 6) is 1.43. The van der Waals surface area contributed by atoms with Crippen LogP contribution in [0.25, 0.3) is 11.1 Å². The number of carbonyl (C=O) groups excluding carboxylic acids is 1. The first-order chi connectivity index (χ1) is 25.4. The van der Waals surface area contributed by atoms with E-state index in [0.717, 1.165) is 39.1 Å². The average Bonchev–Trinajstić information content (AvgIpc) is 3.50. The number of aliphatic hydroxyl groups is 1. The minimum Gasteiger partial charge on any atom is -0.457 e. The van der Waals surface area contributed by atoms with Crippen LogP contribution in [0.5, 0.6) is 11.5 Å². The van der Waals surface area contributed by atoms with Gasteiger partial charge in [-0.25, -0.2) is 9.78 Å². The zero-order valence-corrected chi connectivity index (χ0v) is 29.5. The molecule has 2 amide bonds. The molecular formula is C41H36Cl2N4O5. The molecule has 1 aliphatic rings. The molecule has 3 unspecified atom stereocenters. The molecule has 3 atom stereocenters. The third-order valence-electron chi connectivity index (χ3n) is 8.74. The molecule has 5 aromatic carbocycles. The van der Waals surface area contributed by atoms with Crippen molar-refractivity contribution in [3.8, 4) is 22.6 Å². The molecule has 1 aromatic heterocycles. The second-order valence-electron chi connectivity index (χ2n) is 12.4. The van der Waals surface area contributed by atoms with Crippen molar-refractivity contribution in [3.05, 3.63) is 166 Å². The number of imidazole rings is 1. The molecule has 9 nitrogen and oxygen atoms in total. The molecule has 0 bridgehead atoms. The third-order valence-corrected chi connectivity index (χ3v) is 9.50. The van der Waals surface area contributed by atoms with E-state index < -0.39 is 6.29 Å². The molecule has 6 aromatic rings. The van der Waals surface area contributed by atoms with E-state index in [-0.39, 0.29) is 30.0 Å². The number of hydrogen-bond acceptors (Lipinski definition) is 6. The number of para-hydroxylation sites is 1. The summed E-state index contributed by atoms with van der Waals surface area (Å²) >= 11 is 12.5. The Balaban J connectivity index is 0.983. The first-order valence-electron chi connectivity index (χ1n) is 16.8. The molecule has 0 saturated carbocycles. The zero-order chi connectivity index (χ0) is 35.9. The SMILES string of the molecule is O=C(NCc1cccc(-c2ccc(C3OC(Cn4cnc(Cl)c4Cl)CC(c4ccc(CO)cc4)O3)cc2)c1)Nc1ccc(Oc2ccccc2)cc1. The predicted molar refractivity (Wildman–Crippen MR) is 201 cm³/mol. The van der Waals surface area contributed by atoms with Crippen molar-refractivity contribution in [2.75, 3.05) is 5.32 Å². The molecule has 2 heterocycles. The number of urea groups is 1. The number of carbonyl (C=O) groups is 1. The molecule has 7 rings (SSSR count). The number of nitrogens with zero attached hydrogens (tertiary/aromatic N) is 2. The summed E-state index contributed by atoms with van der Waals surface area (Å²) in [6, 6.07) is 40.3. The number of aliphatic hydroxyl groups excluding tert-OH is 1. The van der Waals surface area contributed by atoms with Gasteiger partial charge < -0.3 is 34.5 Å². The molecule has 0 spiro atoms. The van der Waals surface area contributed by atoms with Gasteiger partial charge in [0, 0.05) is 24.2 Å². The fraction of sp³-hybridized carbons (Fsp3) is 0.171. The molecule has 1 saturated heterocycles. The summed E-state index contributed by atoms with van der Waals surface area (Å²) in [7, 11) is 0. The number of halogens is 2. The summed E-state index contributed by atoms with van der Waals surface area (Å²) in [5, 5.41) is 15.9. The van der Waals surface area contributed by atoms with Crippen LogP contribution in [0.3, 0.4) is 0 Å². The van der Waals surface area contributed by atoms with Crippen LogP contribution in [0.1, 0.15) is 41.1 Å². The maximum atomic E-state index is 12.7. The van der Waals surface area contributed by atoms with Crippen molar-refractivity contribution in [2.45, 2.75) is 44.6 Å². The van der Waals surface area contributed by atoms with E-state index in [0.29, 0.717) is 36.1 Å². The summed E-state index contributed by atoms with van der Waals surface area (Å²) in [6.07, 6.45) is 1.08. The van der Waals surface area contributed by atoms with Gasteiger partial charge in [-0.15, -0.1) is 0 Å². The lowest BCUT2D eigenvalue weighted by atomic mass is 9.99. The van der Waals surface area contributed by atoms with Gasteiger partial charge >= 0.3 is 6.03 Å². The Hall–Kier alpha value is -5.16. The van der Waals surface area contributed by atoms with Crippen LogP contribution in [-0.2, 0) is 29.2 Å². The van der Waals surface area contributed by atoms with Crippen molar-refractivity contribution < 1.29 is 24.1 Å². The maximum absolute atomic E-state index is 12.7. The summed E-state index contributed by atoms with van der Waals surface area (Å²) in [6.45, 7) is 0.782. The van der Waals surface area contributed by atoms with Crippen LogP contribution < -0.4 is 15.4 Å². The van der Waals surface area contributed by atoms with Gasteiger partial charge in [0.1, 0.15) is 16.7 Å². The van der Waals surface area contributed by atoms with Crippen LogP contribution in [0, 0.1) is 0 Å². The molecule has 1 aliphatic heterocycles. The number of aromatic nitrogens is 2. The first kappa shape index (κ1) is 35.3. The maximum Gasteiger partial charge on any atom is 0.319 e.